The van der Waals surface area contributed by atoms with Crippen LogP contribution in [0.3, 0.4) is 0 Å². The van der Waals surface area contributed by atoms with Crippen LogP contribution in [0, 0.1) is 11.8 Å². The Hall–Kier alpha value is -1.82. The van der Waals surface area contributed by atoms with E-state index in [4.69, 9.17) is 37.9 Å². The molecule has 8 aliphatic heterocycles. The lowest BCUT2D eigenvalue weighted by Gasteiger charge is -2.51. The van der Waals surface area contributed by atoms with E-state index in [2.05, 4.69) is 20.1 Å². The molecule has 8 fully saturated rings. The molecule has 4 N–H and O–H groups in total. The molecule has 8 saturated heterocycles. The molecule has 0 amide bonds. The van der Waals surface area contributed by atoms with Gasteiger partial charge >= 0.3 is 5.97 Å². The average Bonchev–Trinajstić information content (AvgIpc) is 3.68. The molecule has 5 unspecified atom stereocenters. The van der Waals surface area contributed by atoms with Crippen LogP contribution in [0.2, 0.25) is 0 Å². The maximum absolute atomic E-state index is 13.9. The monoisotopic (exact) mass is 790 g/mol. The first kappa shape index (κ1) is 40.9. The molecular weight excluding hydrogens is 728 g/mol. The van der Waals surface area contributed by atoms with Crippen LogP contribution in [0.5, 0.6) is 0 Å². The summed E-state index contributed by atoms with van der Waals surface area (Å²) in [6.45, 7) is 12.7. The van der Waals surface area contributed by atoms with Crippen molar-refractivity contribution in [3.63, 3.8) is 0 Å². The zero-order valence-corrected chi connectivity index (χ0v) is 32.7. The third kappa shape index (κ3) is 8.32. The fourth-order valence-electron chi connectivity index (χ4n) is 10.8. The lowest BCUT2D eigenvalue weighted by Crippen LogP contribution is -2.62. The summed E-state index contributed by atoms with van der Waals surface area (Å²) in [6.07, 6.45) is -5.21. The number of hydrogen-bond donors (Lipinski definition) is 4. The van der Waals surface area contributed by atoms with Gasteiger partial charge in [0.1, 0.15) is 42.4 Å². The van der Waals surface area contributed by atoms with Crippen LogP contribution >= 0.6 is 0 Å². The summed E-state index contributed by atoms with van der Waals surface area (Å²) in [5.41, 5.74) is 1.97. The van der Waals surface area contributed by atoms with E-state index in [1.807, 2.05) is 6.92 Å². The number of ketones is 1. The van der Waals surface area contributed by atoms with Gasteiger partial charge in [-0.3, -0.25) is 9.59 Å². The number of ether oxygens (including phenoxy) is 8. The highest BCUT2D eigenvalue weighted by Gasteiger charge is 2.57. The normalized spacial score (nSPS) is 50.5. The van der Waals surface area contributed by atoms with E-state index in [1.54, 1.807) is 0 Å². The van der Waals surface area contributed by atoms with E-state index in [-0.39, 0.29) is 74.3 Å². The van der Waals surface area contributed by atoms with Crippen molar-refractivity contribution >= 4 is 11.8 Å². The number of carbonyl (C=O) groups is 2. The molecule has 0 radical (unpaired) electrons. The second kappa shape index (κ2) is 17.0. The average molecular weight is 791 g/mol. The predicted molar refractivity (Wildman–Crippen MR) is 197 cm³/mol. The summed E-state index contributed by atoms with van der Waals surface area (Å²) in [6, 6.07) is 0. The van der Waals surface area contributed by atoms with Crippen LogP contribution < -0.4 is 0 Å². The molecule has 14 heteroatoms. The van der Waals surface area contributed by atoms with Gasteiger partial charge in [0.05, 0.1) is 79.7 Å². The second-order valence-electron chi connectivity index (χ2n) is 17.9. The molecule has 0 spiro atoms. The van der Waals surface area contributed by atoms with Crippen molar-refractivity contribution in [2.45, 2.75) is 207 Å². The highest BCUT2D eigenvalue weighted by atomic mass is 16.6. The number of aliphatic hydroxyl groups excluding tert-OH is 4. The number of fused-ring (bicyclic) bond motifs is 8. The number of carbonyl (C=O) groups excluding carboxylic acids is 2. The summed E-state index contributed by atoms with van der Waals surface area (Å²) in [4.78, 5) is 27.0. The first-order chi connectivity index (χ1) is 26.9. The lowest BCUT2D eigenvalue weighted by molar-refractivity contribution is -0.275. The van der Waals surface area contributed by atoms with Gasteiger partial charge in [0, 0.05) is 38.2 Å². The van der Waals surface area contributed by atoms with Crippen molar-refractivity contribution < 1.29 is 67.9 Å². The number of rotatable bonds is 2. The molecular formula is C42H62O14. The minimum Gasteiger partial charge on any atom is -0.459 e. The zero-order valence-electron chi connectivity index (χ0n) is 32.7. The van der Waals surface area contributed by atoms with Crippen LogP contribution in [-0.2, 0) is 47.5 Å². The summed E-state index contributed by atoms with van der Waals surface area (Å²) >= 11 is 0. The van der Waals surface area contributed by atoms with E-state index in [1.165, 1.54) is 0 Å². The van der Waals surface area contributed by atoms with Crippen molar-refractivity contribution in [2.24, 2.45) is 11.8 Å². The van der Waals surface area contributed by atoms with Crippen LogP contribution in [0.15, 0.2) is 24.3 Å². The number of esters is 1. The Kier molecular flexibility index (Phi) is 12.5. The molecule has 0 aromatic heterocycles. The quantitative estimate of drug-likeness (QED) is 0.236. The minimum absolute atomic E-state index is 0.00469. The maximum Gasteiger partial charge on any atom is 0.308 e. The molecule has 0 aliphatic carbocycles. The first-order valence-corrected chi connectivity index (χ1v) is 21.2. The van der Waals surface area contributed by atoms with Crippen LogP contribution in [-0.4, -0.2) is 149 Å². The van der Waals surface area contributed by atoms with Crippen LogP contribution in [0.25, 0.3) is 0 Å². The van der Waals surface area contributed by atoms with Crippen molar-refractivity contribution in [1.29, 1.82) is 0 Å². The third-order valence-corrected chi connectivity index (χ3v) is 14.0. The van der Waals surface area contributed by atoms with Crippen molar-refractivity contribution in [3.8, 4) is 0 Å². The molecule has 8 rings (SSSR count). The SMILES string of the molecule is C=C1CC2CCC(=O)CC3O[C@@H]4[C@@H](O[C@H]5CC[C@H](CC(=O)O[C@@H]6[C@@H](C)[C@@H]7O[C@H](CCO)[C@H](O)C[C@@H]7O[C@H]6CC6O[C@@H](CCC1O2)C[C@@H](C)C6=C)OC5[C@H]4O)[C@H]3O. The van der Waals surface area contributed by atoms with Crippen molar-refractivity contribution in [2.75, 3.05) is 6.61 Å². The Labute approximate surface area is 329 Å². The van der Waals surface area contributed by atoms with Gasteiger partial charge in [-0.2, -0.15) is 0 Å². The topological polar surface area (TPSA) is 189 Å². The Morgan fingerprint density at radius 1 is 0.625 bits per heavy atom. The molecule has 314 valence electrons. The Balaban J connectivity index is 1.03. The van der Waals surface area contributed by atoms with E-state index in [0.717, 1.165) is 30.4 Å². The smallest absolute Gasteiger partial charge is 0.308 e. The van der Waals surface area contributed by atoms with E-state index in [0.29, 0.717) is 38.5 Å². The Morgan fingerprint density at radius 3 is 2.14 bits per heavy atom. The number of aliphatic hydroxyl groups is 4. The van der Waals surface area contributed by atoms with Gasteiger partial charge in [0.25, 0.3) is 0 Å². The van der Waals surface area contributed by atoms with E-state index in [9.17, 15) is 30.0 Å². The summed E-state index contributed by atoms with van der Waals surface area (Å²) in [7, 11) is 0. The zero-order chi connectivity index (χ0) is 39.4. The standard InChI is InChI=1S/C42H62O14/c1-19-13-25-7-9-28-20(2)14-24(49-28)6-5-23(44)15-32-36(47)41-42(55-32)37(48)40-30(54-41)10-8-26(51-40)16-35(46)56-39-22(4)38-33(17-27(45)29(53-38)11-12-43)52-34(39)18-31(50-25)21(19)3/h19,22,24-34,36-43,45,47-48H,2-3,5-18H2,1,4H3/t19-,22+,24?,25+,26-,27-,28?,29-,30+,31?,32?,33+,34+,36+,37-,38+,39-,40?,41+,42+/m1/s1. The molecule has 8 aliphatic rings. The van der Waals surface area contributed by atoms with Crippen LogP contribution in [0.1, 0.15) is 97.3 Å². The minimum atomic E-state index is -1.13. The molecule has 0 saturated carbocycles. The molecule has 14 nitrogen and oxygen atoms in total. The molecule has 8 bridgehead atoms. The van der Waals surface area contributed by atoms with Gasteiger partial charge in [-0.1, -0.05) is 27.0 Å². The molecule has 20 atom stereocenters. The Bertz CT molecular complexity index is 1460. The van der Waals surface area contributed by atoms with E-state index >= 15 is 0 Å². The predicted octanol–water partition coefficient (Wildman–Crippen LogP) is 2.38. The fourth-order valence-corrected chi connectivity index (χ4v) is 10.8. The van der Waals surface area contributed by atoms with Gasteiger partial charge in [-0.15, -0.1) is 0 Å². The van der Waals surface area contributed by atoms with Crippen molar-refractivity contribution in [3.05, 3.63) is 24.3 Å². The van der Waals surface area contributed by atoms with E-state index < -0.39 is 91.4 Å². The van der Waals surface area contributed by atoms with Crippen molar-refractivity contribution in [1.82, 2.24) is 0 Å². The largest absolute Gasteiger partial charge is 0.459 e. The lowest BCUT2D eigenvalue weighted by atomic mass is 9.79. The molecule has 0 aromatic rings. The molecule has 8 heterocycles. The third-order valence-electron chi connectivity index (χ3n) is 14.0. The molecule has 56 heavy (non-hydrogen) atoms. The van der Waals surface area contributed by atoms with Gasteiger partial charge < -0.3 is 58.3 Å². The van der Waals surface area contributed by atoms with Crippen LogP contribution in [0.4, 0.5) is 0 Å². The Morgan fingerprint density at radius 2 is 1.34 bits per heavy atom. The number of Topliss-reactive ketones (excluding diaryl/α,β-unsaturated/α-hetero) is 1. The second-order valence-corrected chi connectivity index (χ2v) is 17.9. The summed E-state index contributed by atoms with van der Waals surface area (Å²) in [5.74, 6) is -0.665. The summed E-state index contributed by atoms with van der Waals surface area (Å²) < 4.78 is 51.3. The fraction of sp³-hybridized carbons (Fsp3) is 0.857. The number of hydrogen-bond acceptors (Lipinski definition) is 14. The molecule has 0 aromatic carbocycles. The first-order valence-electron chi connectivity index (χ1n) is 21.2. The van der Waals surface area contributed by atoms with Gasteiger partial charge in [-0.05, 0) is 68.4 Å². The van der Waals surface area contributed by atoms with Gasteiger partial charge in [-0.25, -0.2) is 0 Å². The highest BCUT2D eigenvalue weighted by Crippen LogP contribution is 2.44. The maximum atomic E-state index is 13.9. The highest BCUT2D eigenvalue weighted by molar-refractivity contribution is 5.79. The van der Waals surface area contributed by atoms with Gasteiger partial charge in [0.15, 0.2) is 0 Å². The van der Waals surface area contributed by atoms with Gasteiger partial charge in [0.2, 0.25) is 0 Å². The summed E-state index contributed by atoms with van der Waals surface area (Å²) in [5, 5.41) is 43.2.